The van der Waals surface area contributed by atoms with E-state index in [4.69, 9.17) is 10.5 Å². The standard InChI is InChI=1S/C15H23N3O2/c1-4-7-20-13-9-11(16)8-12(10-13)18-6-5-17-14(19)15(18,2)3/h8-10H,4-7,16H2,1-3H3,(H,17,19). The lowest BCUT2D eigenvalue weighted by Gasteiger charge is -2.43. The number of piperazine rings is 1. The quantitative estimate of drug-likeness (QED) is 0.823. The lowest BCUT2D eigenvalue weighted by Crippen LogP contribution is -2.62. The van der Waals surface area contributed by atoms with E-state index in [1.807, 2.05) is 32.0 Å². The number of nitrogens with one attached hydrogen (secondary N) is 1. The maximum absolute atomic E-state index is 12.0. The smallest absolute Gasteiger partial charge is 0.245 e. The summed E-state index contributed by atoms with van der Waals surface area (Å²) in [6.07, 6.45) is 0.946. The second kappa shape index (κ2) is 5.61. The zero-order chi connectivity index (χ0) is 14.8. The fourth-order valence-electron chi connectivity index (χ4n) is 2.42. The van der Waals surface area contributed by atoms with Gasteiger partial charge in [0.25, 0.3) is 0 Å². The van der Waals surface area contributed by atoms with Crippen molar-refractivity contribution in [3.05, 3.63) is 18.2 Å². The average Bonchev–Trinajstić information content (AvgIpc) is 2.39. The van der Waals surface area contributed by atoms with Gasteiger partial charge in [0.15, 0.2) is 0 Å². The van der Waals surface area contributed by atoms with Gasteiger partial charge in [0, 0.05) is 36.6 Å². The molecular formula is C15H23N3O2. The monoisotopic (exact) mass is 277 g/mol. The van der Waals surface area contributed by atoms with Gasteiger partial charge in [-0.2, -0.15) is 0 Å². The average molecular weight is 277 g/mol. The van der Waals surface area contributed by atoms with Gasteiger partial charge in [0.1, 0.15) is 11.3 Å². The Bertz CT molecular complexity index is 500. The van der Waals surface area contributed by atoms with E-state index in [1.54, 1.807) is 0 Å². The lowest BCUT2D eigenvalue weighted by molar-refractivity contribution is -0.126. The van der Waals surface area contributed by atoms with Crippen LogP contribution in [0.25, 0.3) is 0 Å². The molecule has 0 unspecified atom stereocenters. The first-order chi connectivity index (χ1) is 9.45. The number of hydrogen-bond acceptors (Lipinski definition) is 4. The van der Waals surface area contributed by atoms with Crippen molar-refractivity contribution < 1.29 is 9.53 Å². The Morgan fingerprint density at radius 3 is 2.85 bits per heavy atom. The van der Waals surface area contributed by atoms with Crippen LogP contribution in [0, 0.1) is 0 Å². The van der Waals surface area contributed by atoms with Crippen molar-refractivity contribution in [1.82, 2.24) is 5.32 Å². The van der Waals surface area contributed by atoms with Crippen LogP contribution in [0.5, 0.6) is 5.75 Å². The molecule has 1 saturated heterocycles. The van der Waals surface area contributed by atoms with Crippen LogP contribution < -0.4 is 20.7 Å². The summed E-state index contributed by atoms with van der Waals surface area (Å²) in [7, 11) is 0. The maximum atomic E-state index is 12.0. The predicted molar refractivity (Wildman–Crippen MR) is 81.1 cm³/mol. The summed E-state index contributed by atoms with van der Waals surface area (Å²) in [5.74, 6) is 0.783. The van der Waals surface area contributed by atoms with Crippen LogP contribution in [0.2, 0.25) is 0 Å². The number of nitrogens with zero attached hydrogens (tertiary/aromatic N) is 1. The van der Waals surface area contributed by atoms with Gasteiger partial charge in [-0.05, 0) is 26.3 Å². The van der Waals surface area contributed by atoms with Crippen molar-refractivity contribution >= 4 is 17.3 Å². The molecule has 1 fully saturated rings. The molecule has 5 heteroatoms. The summed E-state index contributed by atoms with van der Waals surface area (Å²) in [5.41, 5.74) is 6.94. The summed E-state index contributed by atoms with van der Waals surface area (Å²) in [4.78, 5) is 14.1. The highest BCUT2D eigenvalue weighted by Gasteiger charge is 2.37. The van der Waals surface area contributed by atoms with Gasteiger partial charge in [-0.3, -0.25) is 4.79 Å². The van der Waals surface area contributed by atoms with Crippen molar-refractivity contribution in [1.29, 1.82) is 0 Å². The van der Waals surface area contributed by atoms with Gasteiger partial charge in [-0.25, -0.2) is 0 Å². The van der Waals surface area contributed by atoms with Crippen LogP contribution >= 0.6 is 0 Å². The molecule has 0 spiro atoms. The van der Waals surface area contributed by atoms with Gasteiger partial charge in [0.2, 0.25) is 5.91 Å². The zero-order valence-corrected chi connectivity index (χ0v) is 12.4. The van der Waals surface area contributed by atoms with E-state index in [9.17, 15) is 4.79 Å². The van der Waals surface area contributed by atoms with Crippen LogP contribution in [0.15, 0.2) is 18.2 Å². The molecule has 1 aliphatic rings. The number of ether oxygens (including phenoxy) is 1. The minimum Gasteiger partial charge on any atom is -0.493 e. The van der Waals surface area contributed by atoms with Crippen molar-refractivity contribution in [2.24, 2.45) is 0 Å². The summed E-state index contributed by atoms with van der Waals surface area (Å²) in [6, 6.07) is 5.65. The van der Waals surface area contributed by atoms with Crippen molar-refractivity contribution in [2.45, 2.75) is 32.7 Å². The first-order valence-electron chi connectivity index (χ1n) is 7.04. The second-order valence-electron chi connectivity index (χ2n) is 5.58. The van der Waals surface area contributed by atoms with Crippen LogP contribution in [-0.4, -0.2) is 31.1 Å². The van der Waals surface area contributed by atoms with E-state index < -0.39 is 5.54 Å². The van der Waals surface area contributed by atoms with E-state index in [0.717, 1.165) is 24.4 Å². The summed E-state index contributed by atoms with van der Waals surface area (Å²) in [5, 5.41) is 2.89. The number of benzene rings is 1. The number of rotatable bonds is 4. The number of nitrogens with two attached hydrogens (primary N) is 1. The second-order valence-corrected chi connectivity index (χ2v) is 5.58. The van der Waals surface area contributed by atoms with E-state index in [-0.39, 0.29) is 5.91 Å². The summed E-state index contributed by atoms with van der Waals surface area (Å²) in [6.45, 7) is 7.95. The molecule has 0 bridgehead atoms. The fraction of sp³-hybridized carbons (Fsp3) is 0.533. The molecule has 0 aliphatic carbocycles. The van der Waals surface area contributed by atoms with E-state index in [0.29, 0.717) is 18.8 Å². The number of carbonyl (C=O) groups excluding carboxylic acids is 1. The van der Waals surface area contributed by atoms with Gasteiger partial charge in [-0.1, -0.05) is 6.92 Å². The molecule has 1 aromatic rings. The molecular weight excluding hydrogens is 254 g/mol. The van der Waals surface area contributed by atoms with Crippen molar-refractivity contribution in [3.63, 3.8) is 0 Å². The maximum Gasteiger partial charge on any atom is 0.245 e. The van der Waals surface area contributed by atoms with Gasteiger partial charge >= 0.3 is 0 Å². The largest absolute Gasteiger partial charge is 0.493 e. The minimum absolute atomic E-state index is 0.0298. The number of nitrogen functional groups attached to an aromatic ring is 1. The van der Waals surface area contributed by atoms with Crippen molar-refractivity contribution in [2.75, 3.05) is 30.3 Å². The Hall–Kier alpha value is -1.91. The molecule has 2 rings (SSSR count). The Balaban J connectivity index is 2.31. The molecule has 0 aromatic heterocycles. The van der Waals surface area contributed by atoms with E-state index in [1.165, 1.54) is 0 Å². The third-order valence-electron chi connectivity index (χ3n) is 3.55. The number of anilines is 2. The number of hydrogen-bond donors (Lipinski definition) is 2. The molecule has 20 heavy (non-hydrogen) atoms. The predicted octanol–water partition coefficient (Wildman–Crippen LogP) is 1.77. The Kier molecular flexibility index (Phi) is 4.06. The van der Waals surface area contributed by atoms with Crippen LogP contribution in [-0.2, 0) is 4.79 Å². The molecule has 1 heterocycles. The van der Waals surface area contributed by atoms with Crippen molar-refractivity contribution in [3.8, 4) is 5.75 Å². The molecule has 1 aromatic carbocycles. The molecule has 1 aliphatic heterocycles. The molecule has 0 saturated carbocycles. The molecule has 1 amide bonds. The highest BCUT2D eigenvalue weighted by Crippen LogP contribution is 2.31. The number of carbonyl (C=O) groups is 1. The van der Waals surface area contributed by atoms with Gasteiger partial charge in [-0.15, -0.1) is 0 Å². The molecule has 110 valence electrons. The molecule has 0 radical (unpaired) electrons. The minimum atomic E-state index is -0.589. The topological polar surface area (TPSA) is 67.6 Å². The molecule has 5 nitrogen and oxygen atoms in total. The SMILES string of the molecule is CCCOc1cc(N)cc(N2CCNC(=O)C2(C)C)c1. The third-order valence-corrected chi connectivity index (χ3v) is 3.55. The summed E-state index contributed by atoms with van der Waals surface area (Å²) < 4.78 is 5.66. The molecule has 0 atom stereocenters. The first kappa shape index (κ1) is 14.5. The Labute approximate surface area is 120 Å². The molecule has 3 N–H and O–H groups in total. The highest BCUT2D eigenvalue weighted by molar-refractivity contribution is 5.90. The Morgan fingerprint density at radius 1 is 1.40 bits per heavy atom. The van der Waals surface area contributed by atoms with Crippen LogP contribution in [0.3, 0.4) is 0 Å². The van der Waals surface area contributed by atoms with Gasteiger partial charge in [0.05, 0.1) is 6.61 Å². The number of amides is 1. The van der Waals surface area contributed by atoms with E-state index in [2.05, 4.69) is 17.1 Å². The van der Waals surface area contributed by atoms with E-state index >= 15 is 0 Å². The zero-order valence-electron chi connectivity index (χ0n) is 12.4. The van der Waals surface area contributed by atoms with Crippen LogP contribution in [0.4, 0.5) is 11.4 Å². The highest BCUT2D eigenvalue weighted by atomic mass is 16.5. The normalized spacial score (nSPS) is 17.8. The lowest BCUT2D eigenvalue weighted by atomic mass is 9.98. The van der Waals surface area contributed by atoms with Crippen LogP contribution in [0.1, 0.15) is 27.2 Å². The summed E-state index contributed by atoms with van der Waals surface area (Å²) >= 11 is 0. The third kappa shape index (κ3) is 2.81. The first-order valence-corrected chi connectivity index (χ1v) is 7.04. The fourth-order valence-corrected chi connectivity index (χ4v) is 2.42. The van der Waals surface area contributed by atoms with Gasteiger partial charge < -0.3 is 20.7 Å². The Morgan fingerprint density at radius 2 is 2.15 bits per heavy atom.